The van der Waals surface area contributed by atoms with E-state index in [0.717, 1.165) is 25.8 Å². The van der Waals surface area contributed by atoms with Gasteiger partial charge >= 0.3 is 5.97 Å². The van der Waals surface area contributed by atoms with Crippen LogP contribution in [0.3, 0.4) is 0 Å². The molecule has 0 aromatic heterocycles. The highest BCUT2D eigenvalue weighted by molar-refractivity contribution is 14.1. The van der Waals surface area contributed by atoms with Crippen LogP contribution in [0.2, 0.25) is 0 Å². The number of amides is 2. The van der Waals surface area contributed by atoms with Gasteiger partial charge in [0.25, 0.3) is 11.1 Å². The lowest BCUT2D eigenvalue weighted by molar-refractivity contribution is -0.143. The molecular formula is C21H17FINO6S. The number of benzene rings is 2. The molecule has 2 aromatic rings. The largest absolute Gasteiger partial charge is 0.493 e. The molecule has 0 aliphatic carbocycles. The summed E-state index contributed by atoms with van der Waals surface area (Å²) in [5.74, 6) is -0.623. The molecule has 2 aromatic carbocycles. The Labute approximate surface area is 195 Å². The van der Waals surface area contributed by atoms with E-state index < -0.39 is 23.7 Å². The van der Waals surface area contributed by atoms with Gasteiger partial charge in [-0.1, -0.05) is 12.1 Å². The standard InChI is InChI=1S/C21H17FINO6S/c1-28-16-8-13(9-17-20(26)24(21(27)31-17)10-18(25)29-2)7-15(23)19(16)30-11-12-3-5-14(22)6-4-12/h3-9H,10-11H2,1-2H3/b17-9-. The number of ether oxygens (including phenoxy) is 3. The van der Waals surface area contributed by atoms with E-state index in [9.17, 15) is 18.8 Å². The summed E-state index contributed by atoms with van der Waals surface area (Å²) >= 11 is 2.83. The maximum atomic E-state index is 13.1. The van der Waals surface area contributed by atoms with Crippen molar-refractivity contribution in [2.45, 2.75) is 6.61 Å². The number of hydrogen-bond donors (Lipinski definition) is 0. The lowest BCUT2D eigenvalue weighted by Crippen LogP contribution is -2.34. The average Bonchev–Trinajstić information content (AvgIpc) is 3.01. The van der Waals surface area contributed by atoms with E-state index in [-0.39, 0.29) is 17.3 Å². The quantitative estimate of drug-likeness (QED) is 0.287. The minimum atomic E-state index is -0.678. The molecule has 1 aliphatic heterocycles. The summed E-state index contributed by atoms with van der Waals surface area (Å²) in [7, 11) is 2.68. The number of methoxy groups -OCH3 is 2. The summed E-state index contributed by atoms with van der Waals surface area (Å²) in [5.41, 5.74) is 1.42. The first-order valence-electron chi connectivity index (χ1n) is 8.89. The maximum Gasteiger partial charge on any atom is 0.325 e. The number of imide groups is 1. The van der Waals surface area contributed by atoms with Crippen LogP contribution >= 0.6 is 34.4 Å². The van der Waals surface area contributed by atoms with Crippen molar-refractivity contribution >= 4 is 57.5 Å². The Kier molecular flexibility index (Phi) is 7.55. The third-order valence-electron chi connectivity index (χ3n) is 4.23. The third-order valence-corrected chi connectivity index (χ3v) is 5.94. The van der Waals surface area contributed by atoms with E-state index in [1.54, 1.807) is 30.3 Å². The van der Waals surface area contributed by atoms with Crippen LogP contribution < -0.4 is 9.47 Å². The van der Waals surface area contributed by atoms with Gasteiger partial charge in [0.1, 0.15) is 19.0 Å². The molecular weight excluding hydrogens is 540 g/mol. The first-order valence-corrected chi connectivity index (χ1v) is 10.8. The zero-order valence-electron chi connectivity index (χ0n) is 16.5. The first kappa shape index (κ1) is 23.1. The normalized spacial score (nSPS) is 14.8. The Morgan fingerprint density at radius 3 is 2.55 bits per heavy atom. The van der Waals surface area contributed by atoms with Crippen molar-refractivity contribution in [1.82, 2.24) is 4.90 Å². The Balaban J connectivity index is 1.80. The van der Waals surface area contributed by atoms with Gasteiger partial charge < -0.3 is 14.2 Å². The van der Waals surface area contributed by atoms with Crippen molar-refractivity contribution in [2.24, 2.45) is 0 Å². The highest BCUT2D eigenvalue weighted by atomic mass is 127. The van der Waals surface area contributed by atoms with Crippen LogP contribution in [0.15, 0.2) is 41.3 Å². The second kappa shape index (κ2) is 10.1. The van der Waals surface area contributed by atoms with Crippen LogP contribution in [-0.2, 0) is 20.9 Å². The fourth-order valence-electron chi connectivity index (χ4n) is 2.68. The fraction of sp³-hybridized carbons (Fsp3) is 0.190. The smallest absolute Gasteiger partial charge is 0.325 e. The maximum absolute atomic E-state index is 13.1. The molecule has 1 aliphatic rings. The number of thioether (sulfide) groups is 1. The van der Waals surface area contributed by atoms with Gasteiger partial charge in [-0.3, -0.25) is 19.3 Å². The van der Waals surface area contributed by atoms with E-state index in [0.29, 0.717) is 17.1 Å². The minimum Gasteiger partial charge on any atom is -0.493 e. The molecule has 0 spiro atoms. The van der Waals surface area contributed by atoms with Gasteiger partial charge in [-0.05, 0) is 75.8 Å². The molecule has 0 radical (unpaired) electrons. The van der Waals surface area contributed by atoms with Gasteiger partial charge in [0.2, 0.25) is 0 Å². The molecule has 162 valence electrons. The molecule has 7 nitrogen and oxygen atoms in total. The van der Waals surface area contributed by atoms with Crippen LogP contribution in [-0.4, -0.2) is 42.8 Å². The van der Waals surface area contributed by atoms with Gasteiger partial charge in [-0.25, -0.2) is 4.39 Å². The Morgan fingerprint density at radius 1 is 1.19 bits per heavy atom. The fourth-order valence-corrected chi connectivity index (χ4v) is 4.30. The monoisotopic (exact) mass is 557 g/mol. The van der Waals surface area contributed by atoms with Gasteiger partial charge in [-0.15, -0.1) is 0 Å². The molecule has 10 heteroatoms. The van der Waals surface area contributed by atoms with Crippen LogP contribution in [0.1, 0.15) is 11.1 Å². The number of halogens is 2. The number of hydrogen-bond acceptors (Lipinski definition) is 7. The van der Waals surface area contributed by atoms with E-state index in [4.69, 9.17) is 9.47 Å². The van der Waals surface area contributed by atoms with Crippen LogP contribution in [0.4, 0.5) is 9.18 Å². The topological polar surface area (TPSA) is 82.1 Å². The van der Waals surface area contributed by atoms with Crippen LogP contribution in [0.5, 0.6) is 11.5 Å². The Bertz CT molecular complexity index is 1060. The molecule has 1 heterocycles. The molecule has 0 saturated carbocycles. The molecule has 0 atom stereocenters. The van der Waals surface area contributed by atoms with Crippen LogP contribution in [0.25, 0.3) is 6.08 Å². The van der Waals surface area contributed by atoms with E-state index in [2.05, 4.69) is 27.3 Å². The molecule has 1 saturated heterocycles. The van der Waals surface area contributed by atoms with Gasteiger partial charge in [0, 0.05) is 0 Å². The van der Waals surface area contributed by atoms with E-state index in [1.165, 1.54) is 26.4 Å². The van der Waals surface area contributed by atoms with Gasteiger partial charge in [0.05, 0.1) is 22.7 Å². The summed E-state index contributed by atoms with van der Waals surface area (Å²) in [6.07, 6.45) is 1.55. The highest BCUT2D eigenvalue weighted by Crippen LogP contribution is 2.37. The first-order chi connectivity index (χ1) is 14.8. The molecule has 2 amide bonds. The third kappa shape index (κ3) is 5.56. The predicted octanol–water partition coefficient (Wildman–Crippen LogP) is 4.23. The molecule has 0 unspecified atom stereocenters. The minimum absolute atomic E-state index is 0.187. The second-order valence-electron chi connectivity index (χ2n) is 6.29. The number of carbonyl (C=O) groups is 3. The zero-order valence-corrected chi connectivity index (χ0v) is 19.5. The predicted molar refractivity (Wildman–Crippen MR) is 121 cm³/mol. The van der Waals surface area contributed by atoms with Gasteiger partial charge in [0.15, 0.2) is 11.5 Å². The summed E-state index contributed by atoms with van der Waals surface area (Å²) in [5, 5.41) is -0.539. The van der Waals surface area contributed by atoms with Crippen molar-refractivity contribution < 1.29 is 33.0 Å². The van der Waals surface area contributed by atoms with Crippen molar-refractivity contribution in [1.29, 1.82) is 0 Å². The molecule has 31 heavy (non-hydrogen) atoms. The van der Waals surface area contributed by atoms with Crippen molar-refractivity contribution in [3.8, 4) is 11.5 Å². The molecule has 1 fully saturated rings. The van der Waals surface area contributed by atoms with Crippen molar-refractivity contribution in [3.63, 3.8) is 0 Å². The van der Waals surface area contributed by atoms with Gasteiger partial charge in [-0.2, -0.15) is 0 Å². The van der Waals surface area contributed by atoms with Crippen molar-refractivity contribution in [3.05, 3.63) is 61.8 Å². The molecule has 3 rings (SSSR count). The van der Waals surface area contributed by atoms with E-state index in [1.807, 2.05) is 0 Å². The van der Waals surface area contributed by atoms with Crippen molar-refractivity contribution in [2.75, 3.05) is 20.8 Å². The second-order valence-corrected chi connectivity index (χ2v) is 8.45. The zero-order chi connectivity index (χ0) is 22.5. The molecule has 0 N–H and O–H groups in total. The number of carbonyl (C=O) groups excluding carboxylic acids is 3. The average molecular weight is 557 g/mol. The SMILES string of the molecule is COC(=O)CN1C(=O)S/C(=C\c2cc(I)c(OCc3ccc(F)cc3)c(OC)c2)C1=O. The Hall–Kier alpha value is -2.60. The lowest BCUT2D eigenvalue weighted by atomic mass is 10.1. The lowest BCUT2D eigenvalue weighted by Gasteiger charge is -2.14. The summed E-state index contributed by atoms with van der Waals surface area (Å²) in [6.45, 7) is -0.214. The number of nitrogens with zero attached hydrogens (tertiary/aromatic N) is 1. The number of rotatable bonds is 7. The molecule has 0 bridgehead atoms. The van der Waals surface area contributed by atoms with Crippen LogP contribution in [0, 0.1) is 9.39 Å². The van der Waals surface area contributed by atoms with E-state index >= 15 is 0 Å². The number of esters is 1. The summed E-state index contributed by atoms with van der Waals surface area (Å²) in [4.78, 5) is 37.0. The Morgan fingerprint density at radius 2 is 1.90 bits per heavy atom. The summed E-state index contributed by atoms with van der Waals surface area (Å²) in [6, 6.07) is 9.43. The summed E-state index contributed by atoms with van der Waals surface area (Å²) < 4.78 is 29.6. The highest BCUT2D eigenvalue weighted by Gasteiger charge is 2.36.